The fourth-order valence-electron chi connectivity index (χ4n) is 2.08. The van der Waals surface area contributed by atoms with Crippen LogP contribution in [0.1, 0.15) is 31.5 Å². The Balaban J connectivity index is 2.12. The van der Waals surface area contributed by atoms with Crippen LogP contribution in [0.5, 0.6) is 0 Å². The van der Waals surface area contributed by atoms with Crippen LogP contribution >= 0.6 is 11.8 Å². The topological polar surface area (TPSA) is 77.2 Å². The summed E-state index contributed by atoms with van der Waals surface area (Å²) in [5.41, 5.74) is 0. The summed E-state index contributed by atoms with van der Waals surface area (Å²) in [6, 6.07) is 0. The quantitative estimate of drug-likeness (QED) is 0.815. The Morgan fingerprint density at radius 2 is 2.44 bits per heavy atom. The van der Waals surface area contributed by atoms with E-state index in [-0.39, 0.29) is 11.7 Å². The van der Waals surface area contributed by atoms with Crippen LogP contribution in [0.4, 0.5) is 0 Å². The summed E-state index contributed by atoms with van der Waals surface area (Å²) in [5.74, 6) is 0.378. The summed E-state index contributed by atoms with van der Waals surface area (Å²) in [5, 5.41) is 17.7. The first-order valence-corrected chi connectivity index (χ1v) is 7.06. The van der Waals surface area contributed by atoms with Gasteiger partial charge < -0.3 is 14.4 Å². The third kappa shape index (κ3) is 3.02. The number of hydrogen-bond acceptors (Lipinski definition) is 5. The van der Waals surface area contributed by atoms with E-state index in [0.29, 0.717) is 11.8 Å². The van der Waals surface area contributed by atoms with Crippen molar-refractivity contribution in [3.05, 3.63) is 5.82 Å². The molecule has 1 N–H and O–H groups in total. The molecule has 0 spiro atoms. The van der Waals surface area contributed by atoms with Crippen LogP contribution in [-0.2, 0) is 16.1 Å². The highest BCUT2D eigenvalue weighted by Crippen LogP contribution is 2.27. The minimum Gasteiger partial charge on any atom is -0.481 e. The Morgan fingerprint density at radius 3 is 3.06 bits per heavy atom. The minimum absolute atomic E-state index is 0.0132. The number of carboxylic acids is 1. The highest BCUT2D eigenvalue weighted by atomic mass is 32.2. The van der Waals surface area contributed by atoms with Crippen molar-refractivity contribution in [2.45, 2.75) is 37.4 Å². The van der Waals surface area contributed by atoms with Crippen LogP contribution in [0.15, 0.2) is 5.16 Å². The highest BCUT2D eigenvalue weighted by molar-refractivity contribution is 7.99. The van der Waals surface area contributed by atoms with E-state index in [2.05, 4.69) is 10.2 Å². The molecule has 1 aliphatic rings. The SMILES string of the molecule is CCn1c(SCC(=O)O)nnc1C1CCCOC1. The Hall–Kier alpha value is -1.08. The molecule has 0 aromatic carbocycles. The maximum absolute atomic E-state index is 10.6. The summed E-state index contributed by atoms with van der Waals surface area (Å²) >= 11 is 1.21. The number of aliphatic carboxylic acids is 1. The van der Waals surface area contributed by atoms with E-state index in [0.717, 1.165) is 31.8 Å². The molecule has 1 atom stereocenters. The van der Waals surface area contributed by atoms with E-state index in [1.54, 1.807) is 0 Å². The van der Waals surface area contributed by atoms with Crippen LogP contribution in [0, 0.1) is 0 Å². The molecule has 1 aromatic rings. The number of ether oxygens (including phenoxy) is 1. The normalized spacial score (nSPS) is 19.9. The van der Waals surface area contributed by atoms with E-state index >= 15 is 0 Å². The molecule has 2 rings (SSSR count). The number of rotatable bonds is 5. The van der Waals surface area contributed by atoms with Crippen LogP contribution in [-0.4, -0.2) is 44.8 Å². The summed E-state index contributed by atoms with van der Waals surface area (Å²) in [6.07, 6.45) is 2.10. The number of thioether (sulfide) groups is 1. The lowest BCUT2D eigenvalue weighted by Gasteiger charge is -2.21. The van der Waals surface area contributed by atoms with Crippen molar-refractivity contribution in [3.8, 4) is 0 Å². The predicted molar refractivity (Wildman–Crippen MR) is 66.8 cm³/mol. The van der Waals surface area contributed by atoms with E-state index in [9.17, 15) is 4.79 Å². The molecular weight excluding hydrogens is 254 g/mol. The largest absolute Gasteiger partial charge is 0.481 e. The van der Waals surface area contributed by atoms with Gasteiger partial charge in [0.2, 0.25) is 0 Å². The third-order valence-electron chi connectivity index (χ3n) is 2.91. The first-order chi connectivity index (χ1) is 8.72. The van der Waals surface area contributed by atoms with Crippen molar-refractivity contribution in [1.82, 2.24) is 14.8 Å². The molecule has 18 heavy (non-hydrogen) atoms. The van der Waals surface area contributed by atoms with Crippen molar-refractivity contribution in [2.75, 3.05) is 19.0 Å². The highest BCUT2D eigenvalue weighted by Gasteiger charge is 2.23. The summed E-state index contributed by atoms with van der Waals surface area (Å²) < 4.78 is 7.45. The molecule has 1 fully saturated rings. The van der Waals surface area contributed by atoms with Gasteiger partial charge in [0.1, 0.15) is 5.82 Å². The Labute approximate surface area is 110 Å². The predicted octanol–water partition coefficient (Wildman–Crippen LogP) is 1.37. The van der Waals surface area contributed by atoms with Crippen LogP contribution in [0.25, 0.3) is 0 Å². The molecular formula is C11H17N3O3S. The molecule has 0 saturated carbocycles. The Kier molecular flexibility index (Phi) is 4.60. The van der Waals surface area contributed by atoms with E-state index < -0.39 is 5.97 Å². The van der Waals surface area contributed by atoms with Crippen molar-refractivity contribution < 1.29 is 14.6 Å². The number of nitrogens with zero attached hydrogens (tertiary/aromatic N) is 3. The van der Waals surface area contributed by atoms with Gasteiger partial charge in [-0.05, 0) is 19.8 Å². The lowest BCUT2D eigenvalue weighted by Crippen LogP contribution is -2.19. The molecule has 0 bridgehead atoms. The fourth-order valence-corrected chi connectivity index (χ4v) is 2.81. The van der Waals surface area contributed by atoms with Crippen molar-refractivity contribution in [2.24, 2.45) is 0 Å². The third-order valence-corrected chi connectivity index (χ3v) is 3.86. The van der Waals surface area contributed by atoms with Gasteiger partial charge in [0, 0.05) is 19.1 Å². The number of hydrogen-bond donors (Lipinski definition) is 1. The first-order valence-electron chi connectivity index (χ1n) is 6.07. The van der Waals surface area contributed by atoms with Gasteiger partial charge in [-0.1, -0.05) is 11.8 Å². The molecule has 1 aliphatic heterocycles. The Bertz CT molecular complexity index is 416. The lowest BCUT2D eigenvalue weighted by atomic mass is 10.0. The van der Waals surface area contributed by atoms with Crippen LogP contribution in [0.2, 0.25) is 0 Å². The average molecular weight is 271 g/mol. The average Bonchev–Trinajstić information content (AvgIpc) is 2.80. The maximum atomic E-state index is 10.6. The second kappa shape index (κ2) is 6.19. The summed E-state index contributed by atoms with van der Waals surface area (Å²) in [7, 11) is 0. The zero-order valence-electron chi connectivity index (χ0n) is 10.3. The van der Waals surface area contributed by atoms with Gasteiger partial charge in [-0.3, -0.25) is 4.79 Å². The van der Waals surface area contributed by atoms with Crippen molar-refractivity contribution in [1.29, 1.82) is 0 Å². The van der Waals surface area contributed by atoms with E-state index in [4.69, 9.17) is 9.84 Å². The van der Waals surface area contributed by atoms with Gasteiger partial charge in [0.25, 0.3) is 0 Å². The van der Waals surface area contributed by atoms with E-state index in [1.165, 1.54) is 11.8 Å². The van der Waals surface area contributed by atoms with Crippen molar-refractivity contribution in [3.63, 3.8) is 0 Å². The van der Waals surface area contributed by atoms with Gasteiger partial charge in [-0.2, -0.15) is 0 Å². The molecule has 7 heteroatoms. The van der Waals surface area contributed by atoms with Gasteiger partial charge in [-0.15, -0.1) is 10.2 Å². The molecule has 1 saturated heterocycles. The molecule has 1 aromatic heterocycles. The molecule has 100 valence electrons. The summed E-state index contributed by atoms with van der Waals surface area (Å²) in [6.45, 7) is 4.27. The van der Waals surface area contributed by atoms with Gasteiger partial charge in [-0.25, -0.2) is 0 Å². The molecule has 0 radical (unpaired) electrons. The van der Waals surface area contributed by atoms with E-state index in [1.807, 2.05) is 11.5 Å². The number of aromatic nitrogens is 3. The van der Waals surface area contributed by atoms with Crippen molar-refractivity contribution >= 4 is 17.7 Å². The zero-order valence-corrected chi connectivity index (χ0v) is 11.2. The van der Waals surface area contributed by atoms with Crippen LogP contribution in [0.3, 0.4) is 0 Å². The maximum Gasteiger partial charge on any atom is 0.313 e. The van der Waals surface area contributed by atoms with Gasteiger partial charge >= 0.3 is 5.97 Å². The monoisotopic (exact) mass is 271 g/mol. The molecule has 6 nitrogen and oxygen atoms in total. The molecule has 2 heterocycles. The zero-order chi connectivity index (χ0) is 13.0. The summed E-state index contributed by atoms with van der Waals surface area (Å²) in [4.78, 5) is 10.6. The second-order valence-corrected chi connectivity index (χ2v) is 5.12. The Morgan fingerprint density at radius 1 is 1.61 bits per heavy atom. The van der Waals surface area contributed by atoms with Crippen LogP contribution < -0.4 is 0 Å². The first kappa shape index (κ1) is 13.4. The van der Waals surface area contributed by atoms with Gasteiger partial charge in [0.05, 0.1) is 12.4 Å². The molecule has 0 aliphatic carbocycles. The van der Waals surface area contributed by atoms with Gasteiger partial charge in [0.15, 0.2) is 5.16 Å². The standard InChI is InChI=1S/C11H17N3O3S/c1-2-14-10(8-4-3-5-17-6-8)12-13-11(14)18-7-9(15)16/h8H,2-7H2,1H3,(H,15,16). The minimum atomic E-state index is -0.840. The number of carbonyl (C=O) groups is 1. The number of carboxylic acid groups (broad SMARTS) is 1. The fraction of sp³-hybridized carbons (Fsp3) is 0.727. The molecule has 1 unspecified atom stereocenters. The lowest BCUT2D eigenvalue weighted by molar-refractivity contribution is -0.133. The second-order valence-electron chi connectivity index (χ2n) is 4.18. The molecule has 0 amide bonds. The smallest absolute Gasteiger partial charge is 0.313 e.